The molecule has 1 aromatic heterocycles. The van der Waals surface area contributed by atoms with Gasteiger partial charge < -0.3 is 19.9 Å². The van der Waals surface area contributed by atoms with Crippen molar-refractivity contribution < 1.29 is 9.13 Å². The molecule has 0 radical (unpaired) electrons. The molecule has 0 spiro atoms. The first-order chi connectivity index (χ1) is 14.1. The molecule has 6 nitrogen and oxygen atoms in total. The van der Waals surface area contributed by atoms with Crippen molar-refractivity contribution in [2.45, 2.75) is 12.6 Å². The summed E-state index contributed by atoms with van der Waals surface area (Å²) >= 11 is 0. The van der Waals surface area contributed by atoms with Crippen LogP contribution in [0.1, 0.15) is 17.5 Å². The lowest BCUT2D eigenvalue weighted by molar-refractivity contribution is 0.106. The van der Waals surface area contributed by atoms with Gasteiger partial charge in [0.15, 0.2) is 5.96 Å². The van der Waals surface area contributed by atoms with Crippen molar-refractivity contribution >= 4 is 5.96 Å². The van der Waals surface area contributed by atoms with Crippen LogP contribution in [0.25, 0.3) is 11.3 Å². The van der Waals surface area contributed by atoms with Gasteiger partial charge in [-0.25, -0.2) is 9.37 Å². The summed E-state index contributed by atoms with van der Waals surface area (Å²) in [6, 6.07) is 16.4. The van der Waals surface area contributed by atoms with Gasteiger partial charge in [0, 0.05) is 27.7 Å². The summed E-state index contributed by atoms with van der Waals surface area (Å²) in [4.78, 5) is 14.1. The molecule has 29 heavy (non-hydrogen) atoms. The van der Waals surface area contributed by atoms with E-state index >= 15 is 0 Å². The highest BCUT2D eigenvalue weighted by Crippen LogP contribution is 2.17. The summed E-state index contributed by atoms with van der Waals surface area (Å²) in [5, 5.41) is 3.31. The van der Waals surface area contributed by atoms with Gasteiger partial charge in [-0.15, -0.1) is 0 Å². The van der Waals surface area contributed by atoms with Gasteiger partial charge >= 0.3 is 0 Å². The van der Waals surface area contributed by atoms with Crippen molar-refractivity contribution in [3.63, 3.8) is 0 Å². The van der Waals surface area contributed by atoms with Gasteiger partial charge in [0.25, 0.3) is 0 Å². The van der Waals surface area contributed by atoms with E-state index < -0.39 is 0 Å². The fourth-order valence-electron chi connectivity index (χ4n) is 3.09. The number of rotatable bonds is 7. The van der Waals surface area contributed by atoms with Crippen LogP contribution in [0.5, 0.6) is 0 Å². The molecule has 1 heterocycles. The van der Waals surface area contributed by atoms with Gasteiger partial charge in [0.2, 0.25) is 0 Å². The molecule has 0 fully saturated rings. The Morgan fingerprint density at radius 3 is 2.59 bits per heavy atom. The summed E-state index contributed by atoms with van der Waals surface area (Å²) < 4.78 is 18.7. The zero-order valence-electron chi connectivity index (χ0n) is 16.9. The van der Waals surface area contributed by atoms with E-state index in [1.54, 1.807) is 26.3 Å². The second kappa shape index (κ2) is 9.84. The predicted octanol–water partition coefficient (Wildman–Crippen LogP) is 3.61. The molecule has 2 aromatic carbocycles. The Morgan fingerprint density at radius 2 is 1.93 bits per heavy atom. The number of halogens is 1. The fraction of sp³-hybridized carbons (Fsp3) is 0.273. The van der Waals surface area contributed by atoms with Crippen molar-refractivity contribution in [2.75, 3.05) is 27.7 Å². The monoisotopic (exact) mass is 395 g/mol. The summed E-state index contributed by atoms with van der Waals surface area (Å²) in [6.07, 6.45) is 1.62. The Morgan fingerprint density at radius 1 is 1.21 bits per heavy atom. The van der Waals surface area contributed by atoms with Gasteiger partial charge in [-0.1, -0.05) is 42.5 Å². The van der Waals surface area contributed by atoms with Gasteiger partial charge in [-0.2, -0.15) is 0 Å². The van der Waals surface area contributed by atoms with Crippen molar-refractivity contribution in [3.05, 3.63) is 78.0 Å². The molecular weight excluding hydrogens is 369 g/mol. The van der Waals surface area contributed by atoms with Crippen LogP contribution >= 0.6 is 0 Å². The maximum absolute atomic E-state index is 13.2. The molecule has 1 atom stereocenters. The molecule has 2 N–H and O–H groups in total. The van der Waals surface area contributed by atoms with Gasteiger partial charge in [-0.05, 0) is 23.3 Å². The number of guanidine groups is 1. The van der Waals surface area contributed by atoms with Crippen LogP contribution in [0.4, 0.5) is 4.39 Å². The lowest BCUT2D eigenvalue weighted by Gasteiger charge is -2.24. The third kappa shape index (κ3) is 5.42. The Hall–Kier alpha value is -3.19. The van der Waals surface area contributed by atoms with E-state index in [0.717, 1.165) is 22.6 Å². The number of aromatic nitrogens is 2. The summed E-state index contributed by atoms with van der Waals surface area (Å²) in [5.41, 5.74) is 2.98. The van der Waals surface area contributed by atoms with E-state index in [1.165, 1.54) is 12.1 Å². The highest BCUT2D eigenvalue weighted by atomic mass is 19.1. The van der Waals surface area contributed by atoms with Crippen LogP contribution in [0.2, 0.25) is 0 Å². The third-order valence-electron chi connectivity index (χ3n) is 4.65. The van der Waals surface area contributed by atoms with Crippen molar-refractivity contribution in [1.29, 1.82) is 0 Å². The number of aromatic amines is 1. The fourth-order valence-corrected chi connectivity index (χ4v) is 3.09. The van der Waals surface area contributed by atoms with Gasteiger partial charge in [0.05, 0.1) is 24.5 Å². The molecule has 0 saturated heterocycles. The van der Waals surface area contributed by atoms with Crippen LogP contribution in [-0.2, 0) is 11.3 Å². The SMILES string of the molecule is CN=C(NCC(OC)c1ccc(F)cc1)N(C)Cc1ncc(-c2ccccc2)[nH]1. The lowest BCUT2D eigenvalue weighted by atomic mass is 10.1. The summed E-state index contributed by atoms with van der Waals surface area (Å²) in [6.45, 7) is 1.08. The molecule has 0 amide bonds. The number of hydrogen-bond donors (Lipinski definition) is 2. The number of nitrogens with one attached hydrogen (secondary N) is 2. The Bertz CT molecular complexity index is 924. The molecule has 7 heteroatoms. The predicted molar refractivity (Wildman–Crippen MR) is 113 cm³/mol. The zero-order valence-corrected chi connectivity index (χ0v) is 16.9. The molecule has 0 bridgehead atoms. The summed E-state index contributed by atoms with van der Waals surface area (Å²) in [5.74, 6) is 1.29. The molecule has 3 aromatic rings. The van der Waals surface area contributed by atoms with Crippen molar-refractivity contribution in [3.8, 4) is 11.3 Å². The maximum atomic E-state index is 13.2. The largest absolute Gasteiger partial charge is 0.375 e. The number of nitrogens with zero attached hydrogens (tertiary/aromatic N) is 3. The maximum Gasteiger partial charge on any atom is 0.193 e. The first-order valence-corrected chi connectivity index (χ1v) is 9.40. The lowest BCUT2D eigenvalue weighted by Crippen LogP contribution is -2.40. The topological polar surface area (TPSA) is 65.5 Å². The van der Waals surface area contributed by atoms with Crippen LogP contribution in [0, 0.1) is 5.82 Å². The standard InChI is InChI=1S/C22H26FN5O/c1-24-22(26-14-20(29-3)17-9-11-18(23)12-10-17)28(2)15-21-25-13-19(27-21)16-7-5-4-6-8-16/h4-13,20H,14-15H2,1-3H3,(H,24,26)(H,25,27). The molecule has 0 aliphatic heterocycles. The minimum atomic E-state index is -0.263. The number of ether oxygens (including phenoxy) is 1. The highest BCUT2D eigenvalue weighted by molar-refractivity contribution is 5.79. The molecule has 1 unspecified atom stereocenters. The Kier molecular flexibility index (Phi) is 6.97. The number of imidazole rings is 1. The van der Waals surface area contributed by atoms with E-state index in [9.17, 15) is 4.39 Å². The zero-order chi connectivity index (χ0) is 20.6. The van der Waals surface area contributed by atoms with Crippen LogP contribution in [0.3, 0.4) is 0 Å². The van der Waals surface area contributed by atoms with Crippen molar-refractivity contribution in [1.82, 2.24) is 20.2 Å². The number of benzene rings is 2. The normalized spacial score (nSPS) is 12.6. The molecular formula is C22H26FN5O. The van der Waals surface area contributed by atoms with E-state index in [4.69, 9.17) is 4.74 Å². The Balaban J connectivity index is 1.60. The molecule has 0 aliphatic carbocycles. The van der Waals surface area contributed by atoms with Gasteiger partial charge in [0.1, 0.15) is 11.6 Å². The first-order valence-electron chi connectivity index (χ1n) is 9.40. The minimum absolute atomic E-state index is 0.214. The van der Waals surface area contributed by atoms with Gasteiger partial charge in [-0.3, -0.25) is 4.99 Å². The first kappa shape index (κ1) is 20.5. The van der Waals surface area contributed by atoms with E-state index in [0.29, 0.717) is 19.0 Å². The smallest absolute Gasteiger partial charge is 0.193 e. The third-order valence-corrected chi connectivity index (χ3v) is 4.65. The second-order valence-electron chi connectivity index (χ2n) is 6.67. The molecule has 0 aliphatic rings. The quantitative estimate of drug-likeness (QED) is 0.474. The number of H-pyrrole nitrogens is 1. The van der Waals surface area contributed by atoms with Crippen LogP contribution in [0.15, 0.2) is 65.8 Å². The average molecular weight is 395 g/mol. The Labute approximate surface area is 170 Å². The van der Waals surface area contributed by atoms with Crippen LogP contribution < -0.4 is 5.32 Å². The molecule has 0 saturated carbocycles. The van der Waals surface area contributed by atoms with Crippen molar-refractivity contribution in [2.24, 2.45) is 4.99 Å². The highest BCUT2D eigenvalue weighted by Gasteiger charge is 2.14. The number of aliphatic imine (C=N–C) groups is 1. The minimum Gasteiger partial charge on any atom is -0.375 e. The molecule has 3 rings (SSSR count). The number of hydrogen-bond acceptors (Lipinski definition) is 3. The average Bonchev–Trinajstić information content (AvgIpc) is 3.21. The van der Waals surface area contributed by atoms with E-state index in [1.807, 2.05) is 48.5 Å². The summed E-state index contributed by atoms with van der Waals surface area (Å²) in [7, 11) is 5.31. The molecule has 152 valence electrons. The van der Waals surface area contributed by atoms with E-state index in [-0.39, 0.29) is 11.9 Å². The van der Waals surface area contributed by atoms with Crippen LogP contribution in [-0.4, -0.2) is 48.6 Å². The van der Waals surface area contributed by atoms with E-state index in [2.05, 4.69) is 20.3 Å². The number of methoxy groups -OCH3 is 1. The second-order valence-corrected chi connectivity index (χ2v) is 6.67.